The van der Waals surface area contributed by atoms with Crippen molar-refractivity contribution in [3.05, 3.63) is 65.2 Å². The fourth-order valence-electron chi connectivity index (χ4n) is 2.68. The third-order valence-corrected chi connectivity index (χ3v) is 6.24. The molecule has 8 heteroatoms. The average Bonchev–Trinajstić information content (AvgIpc) is 2.64. The molecule has 0 unspecified atom stereocenters. The predicted molar refractivity (Wildman–Crippen MR) is 98.7 cm³/mol. The van der Waals surface area contributed by atoms with Crippen molar-refractivity contribution in [1.29, 1.82) is 0 Å². The maximum Gasteiger partial charge on any atom is 0.256 e. The number of benzene rings is 2. The smallest absolute Gasteiger partial charge is 0.256 e. The summed E-state index contributed by atoms with van der Waals surface area (Å²) in [4.78, 5) is 13.7. The Kier molecular flexibility index (Phi) is 6.67. The van der Waals surface area contributed by atoms with Gasteiger partial charge in [0.1, 0.15) is 11.6 Å². The van der Waals surface area contributed by atoms with Gasteiger partial charge in [0.2, 0.25) is 10.0 Å². The minimum atomic E-state index is -3.81. The van der Waals surface area contributed by atoms with Gasteiger partial charge in [-0.25, -0.2) is 17.2 Å². The number of rotatable bonds is 7. The summed E-state index contributed by atoms with van der Waals surface area (Å²) in [5.74, 6) is -1.86. The van der Waals surface area contributed by atoms with E-state index in [1.54, 1.807) is 13.8 Å². The molecule has 0 heterocycles. The van der Waals surface area contributed by atoms with Crippen molar-refractivity contribution in [3.63, 3.8) is 0 Å². The predicted octanol–water partition coefficient (Wildman–Crippen LogP) is 3.27. The number of nitrogens with zero attached hydrogens (tertiary/aromatic N) is 2. The summed E-state index contributed by atoms with van der Waals surface area (Å²) in [5.41, 5.74) is 0.340. The quantitative estimate of drug-likeness (QED) is 0.722. The van der Waals surface area contributed by atoms with E-state index in [9.17, 15) is 22.0 Å². The largest absolute Gasteiger partial charge is 0.337 e. The lowest BCUT2D eigenvalue weighted by atomic mass is 10.1. The second-order valence-electron chi connectivity index (χ2n) is 6.02. The van der Waals surface area contributed by atoms with Crippen LogP contribution in [-0.2, 0) is 16.6 Å². The first-order valence-electron chi connectivity index (χ1n) is 8.50. The second kappa shape index (κ2) is 8.58. The fourth-order valence-corrected chi connectivity index (χ4v) is 4.17. The van der Waals surface area contributed by atoms with Crippen LogP contribution in [0.3, 0.4) is 0 Å². The van der Waals surface area contributed by atoms with Crippen molar-refractivity contribution >= 4 is 15.9 Å². The number of amides is 1. The van der Waals surface area contributed by atoms with Gasteiger partial charge in [0.05, 0.1) is 10.5 Å². The number of hydrogen-bond donors (Lipinski definition) is 0. The van der Waals surface area contributed by atoms with Crippen LogP contribution in [0.15, 0.2) is 47.4 Å². The molecule has 0 aromatic heterocycles. The first kappa shape index (κ1) is 21.0. The number of carbonyl (C=O) groups is 1. The Hall–Kier alpha value is -2.32. The molecule has 0 saturated heterocycles. The monoisotopic (exact) mass is 396 g/mol. The first-order chi connectivity index (χ1) is 12.7. The molecule has 5 nitrogen and oxygen atoms in total. The standard InChI is InChI=1S/C19H22F2N2O3S/c1-4-23(5-2)27(25,26)16-10-11-18(21)17(12-16)19(24)22(3)13-14-6-8-15(20)9-7-14/h6-12H,4-5,13H2,1-3H3. The minimum Gasteiger partial charge on any atom is -0.337 e. The van der Waals surface area contributed by atoms with Gasteiger partial charge in [-0.1, -0.05) is 26.0 Å². The molecule has 0 radical (unpaired) electrons. The van der Waals surface area contributed by atoms with Crippen LogP contribution in [0.25, 0.3) is 0 Å². The molecule has 1 amide bonds. The fraction of sp³-hybridized carbons (Fsp3) is 0.316. The minimum absolute atomic E-state index is 0.131. The van der Waals surface area contributed by atoms with Crippen LogP contribution in [0.2, 0.25) is 0 Å². The molecule has 0 aliphatic rings. The van der Waals surface area contributed by atoms with Crippen LogP contribution in [0.4, 0.5) is 8.78 Å². The molecule has 2 aromatic rings. The highest BCUT2D eigenvalue weighted by Gasteiger charge is 2.25. The van der Waals surface area contributed by atoms with Gasteiger partial charge in [-0.05, 0) is 35.9 Å². The molecule has 0 atom stereocenters. The first-order valence-corrected chi connectivity index (χ1v) is 9.94. The highest BCUT2D eigenvalue weighted by Crippen LogP contribution is 2.21. The Morgan fingerprint density at radius 1 is 1.00 bits per heavy atom. The maximum atomic E-state index is 14.2. The Labute approximate surface area is 158 Å². The van der Waals surface area contributed by atoms with Crippen molar-refractivity contribution in [2.45, 2.75) is 25.3 Å². The van der Waals surface area contributed by atoms with Gasteiger partial charge in [-0.15, -0.1) is 0 Å². The van der Waals surface area contributed by atoms with Gasteiger partial charge in [-0.2, -0.15) is 4.31 Å². The molecule has 27 heavy (non-hydrogen) atoms. The zero-order valence-corrected chi connectivity index (χ0v) is 16.3. The second-order valence-corrected chi connectivity index (χ2v) is 7.96. The van der Waals surface area contributed by atoms with Crippen LogP contribution >= 0.6 is 0 Å². The van der Waals surface area contributed by atoms with Crippen molar-refractivity contribution in [2.75, 3.05) is 20.1 Å². The van der Waals surface area contributed by atoms with E-state index in [1.807, 2.05) is 0 Å². The average molecular weight is 396 g/mol. The molecule has 0 aliphatic heterocycles. The van der Waals surface area contributed by atoms with Crippen LogP contribution < -0.4 is 0 Å². The summed E-state index contributed by atoms with van der Waals surface area (Å²) in [7, 11) is -2.34. The zero-order valence-electron chi connectivity index (χ0n) is 15.4. The van der Waals surface area contributed by atoms with E-state index in [0.717, 1.165) is 18.2 Å². The lowest BCUT2D eigenvalue weighted by molar-refractivity contribution is 0.0780. The Morgan fingerprint density at radius 3 is 2.15 bits per heavy atom. The third kappa shape index (κ3) is 4.70. The molecular weight excluding hydrogens is 374 g/mol. The van der Waals surface area contributed by atoms with Gasteiger partial charge in [0.15, 0.2) is 0 Å². The van der Waals surface area contributed by atoms with Crippen LogP contribution in [0, 0.1) is 11.6 Å². The van der Waals surface area contributed by atoms with Gasteiger partial charge in [0, 0.05) is 26.7 Å². The van der Waals surface area contributed by atoms with Gasteiger partial charge in [-0.3, -0.25) is 4.79 Å². The molecular formula is C19H22F2N2O3S. The molecule has 2 aromatic carbocycles. The van der Waals surface area contributed by atoms with E-state index in [0.29, 0.717) is 5.56 Å². The Bertz CT molecular complexity index is 911. The van der Waals surface area contributed by atoms with E-state index in [-0.39, 0.29) is 30.1 Å². The Morgan fingerprint density at radius 2 is 1.59 bits per heavy atom. The molecule has 0 fully saturated rings. The number of sulfonamides is 1. The number of hydrogen-bond acceptors (Lipinski definition) is 3. The highest BCUT2D eigenvalue weighted by atomic mass is 32.2. The van der Waals surface area contributed by atoms with E-state index in [4.69, 9.17) is 0 Å². The van der Waals surface area contributed by atoms with E-state index < -0.39 is 27.6 Å². The molecule has 146 valence electrons. The zero-order chi connectivity index (χ0) is 20.2. The highest BCUT2D eigenvalue weighted by molar-refractivity contribution is 7.89. The lowest BCUT2D eigenvalue weighted by Gasteiger charge is -2.20. The van der Waals surface area contributed by atoms with Gasteiger partial charge < -0.3 is 4.90 Å². The summed E-state index contributed by atoms with van der Waals surface area (Å²) in [5, 5.41) is 0. The van der Waals surface area contributed by atoms with E-state index in [1.165, 1.54) is 40.5 Å². The van der Waals surface area contributed by atoms with E-state index >= 15 is 0 Å². The SMILES string of the molecule is CCN(CC)S(=O)(=O)c1ccc(F)c(C(=O)N(C)Cc2ccc(F)cc2)c1. The van der Waals surface area contributed by atoms with Crippen molar-refractivity contribution in [2.24, 2.45) is 0 Å². The number of halogens is 2. The molecule has 0 N–H and O–H groups in total. The van der Waals surface area contributed by atoms with Crippen molar-refractivity contribution in [1.82, 2.24) is 9.21 Å². The van der Waals surface area contributed by atoms with Gasteiger partial charge >= 0.3 is 0 Å². The van der Waals surface area contributed by atoms with Gasteiger partial charge in [0.25, 0.3) is 5.91 Å². The molecule has 0 spiro atoms. The summed E-state index contributed by atoms with van der Waals surface area (Å²) in [6.07, 6.45) is 0. The third-order valence-electron chi connectivity index (χ3n) is 4.19. The summed E-state index contributed by atoms with van der Waals surface area (Å²) >= 11 is 0. The molecule has 0 aliphatic carbocycles. The molecule has 0 bridgehead atoms. The maximum absolute atomic E-state index is 14.2. The number of carbonyl (C=O) groups excluding carboxylic acids is 1. The summed E-state index contributed by atoms with van der Waals surface area (Å²) in [6, 6.07) is 8.78. The summed E-state index contributed by atoms with van der Waals surface area (Å²) in [6.45, 7) is 4.07. The molecule has 0 saturated carbocycles. The normalized spacial score (nSPS) is 11.6. The van der Waals surface area contributed by atoms with Crippen molar-refractivity contribution < 1.29 is 22.0 Å². The Balaban J connectivity index is 2.31. The lowest BCUT2D eigenvalue weighted by Crippen LogP contribution is -2.31. The summed E-state index contributed by atoms with van der Waals surface area (Å²) < 4.78 is 53.7. The molecule has 2 rings (SSSR count). The topological polar surface area (TPSA) is 57.7 Å². The van der Waals surface area contributed by atoms with Crippen LogP contribution in [0.1, 0.15) is 29.8 Å². The van der Waals surface area contributed by atoms with E-state index in [2.05, 4.69) is 0 Å². The van der Waals surface area contributed by atoms with Crippen LogP contribution in [-0.4, -0.2) is 43.7 Å². The van der Waals surface area contributed by atoms with Crippen LogP contribution in [0.5, 0.6) is 0 Å². The van der Waals surface area contributed by atoms with Crippen molar-refractivity contribution in [3.8, 4) is 0 Å².